The predicted molar refractivity (Wildman–Crippen MR) is 85.5 cm³/mol. The molecule has 1 aliphatic heterocycles. The van der Waals surface area contributed by atoms with Gasteiger partial charge in [-0.3, -0.25) is 4.79 Å². The molecule has 1 aromatic carbocycles. The summed E-state index contributed by atoms with van der Waals surface area (Å²) in [5.74, 6) is 0.285. The molecule has 0 bridgehead atoms. The first-order valence-corrected chi connectivity index (χ1v) is 7.13. The summed E-state index contributed by atoms with van der Waals surface area (Å²) in [4.78, 5) is 14.2. The van der Waals surface area contributed by atoms with Crippen LogP contribution in [0, 0.1) is 13.8 Å². The Morgan fingerprint density at radius 1 is 1.30 bits per heavy atom. The number of amides is 1. The molecule has 0 aliphatic carbocycles. The fraction of sp³-hybridized carbons (Fsp3) is 0.562. The molecule has 0 aromatic heterocycles. The first-order valence-electron chi connectivity index (χ1n) is 7.13. The average Bonchev–Trinajstić information content (AvgIpc) is 2.35. The molecule has 1 aromatic rings. The molecule has 112 valence electrons. The summed E-state index contributed by atoms with van der Waals surface area (Å²) in [7, 11) is 0. The van der Waals surface area contributed by atoms with E-state index in [2.05, 4.69) is 44.3 Å². The normalized spacial score (nSPS) is 18.6. The van der Waals surface area contributed by atoms with Crippen LogP contribution in [0.25, 0.3) is 0 Å². The molecule has 1 N–H and O–H groups in total. The molecule has 2 rings (SSSR count). The highest BCUT2D eigenvalue weighted by atomic mass is 35.5. The molecule has 3 nitrogen and oxygen atoms in total. The third-order valence-electron chi connectivity index (χ3n) is 3.63. The van der Waals surface area contributed by atoms with Crippen LogP contribution in [0.3, 0.4) is 0 Å². The van der Waals surface area contributed by atoms with Gasteiger partial charge in [0.2, 0.25) is 5.91 Å². The van der Waals surface area contributed by atoms with Gasteiger partial charge in [0.25, 0.3) is 0 Å². The van der Waals surface area contributed by atoms with Crippen molar-refractivity contribution in [3.05, 3.63) is 34.9 Å². The number of piperazine rings is 1. The highest BCUT2D eigenvalue weighted by Gasteiger charge is 2.19. The van der Waals surface area contributed by atoms with Gasteiger partial charge in [0.05, 0.1) is 0 Å². The lowest BCUT2D eigenvalue weighted by Gasteiger charge is -2.32. The maximum atomic E-state index is 12.2. The summed E-state index contributed by atoms with van der Waals surface area (Å²) in [5.41, 5.74) is 3.82. The maximum absolute atomic E-state index is 12.2. The van der Waals surface area contributed by atoms with E-state index < -0.39 is 0 Å². The highest BCUT2D eigenvalue weighted by Crippen LogP contribution is 2.12. The summed E-state index contributed by atoms with van der Waals surface area (Å²) in [5, 5.41) is 3.36. The third kappa shape index (κ3) is 4.80. The largest absolute Gasteiger partial charge is 0.340 e. The second-order valence-electron chi connectivity index (χ2n) is 5.69. The van der Waals surface area contributed by atoms with Crippen LogP contribution in [0.15, 0.2) is 18.2 Å². The second-order valence-corrected chi connectivity index (χ2v) is 5.69. The molecule has 1 heterocycles. The van der Waals surface area contributed by atoms with Crippen LogP contribution in [0.5, 0.6) is 0 Å². The van der Waals surface area contributed by atoms with Crippen LogP contribution >= 0.6 is 12.4 Å². The van der Waals surface area contributed by atoms with Crippen molar-refractivity contribution in [3.8, 4) is 0 Å². The predicted octanol–water partition coefficient (Wildman–Crippen LogP) is 2.48. The Hall–Kier alpha value is -1.06. The van der Waals surface area contributed by atoms with E-state index in [4.69, 9.17) is 0 Å². The number of hydrogen-bond acceptors (Lipinski definition) is 2. The SMILES string of the molecule is Cc1cc(C)cc(CCC(=O)N2CCN[C@H](C)C2)c1.Cl. The van der Waals surface area contributed by atoms with Crippen molar-refractivity contribution in [3.63, 3.8) is 0 Å². The summed E-state index contributed by atoms with van der Waals surface area (Å²) in [6.07, 6.45) is 1.47. The first kappa shape index (κ1) is 17.0. The Morgan fingerprint density at radius 2 is 1.95 bits per heavy atom. The van der Waals surface area contributed by atoms with Crippen molar-refractivity contribution in [1.29, 1.82) is 0 Å². The van der Waals surface area contributed by atoms with Crippen molar-refractivity contribution in [2.45, 2.75) is 39.7 Å². The molecule has 1 aliphatic rings. The van der Waals surface area contributed by atoms with Crippen LogP contribution in [-0.4, -0.2) is 36.5 Å². The number of aryl methyl sites for hydroxylation is 3. The van der Waals surface area contributed by atoms with Gasteiger partial charge in [0.1, 0.15) is 0 Å². The zero-order valence-corrected chi connectivity index (χ0v) is 13.4. The fourth-order valence-electron chi connectivity index (χ4n) is 2.78. The van der Waals surface area contributed by atoms with Crippen LogP contribution in [0.2, 0.25) is 0 Å². The van der Waals surface area contributed by atoms with E-state index in [9.17, 15) is 4.79 Å². The summed E-state index contributed by atoms with van der Waals surface area (Å²) < 4.78 is 0. The summed E-state index contributed by atoms with van der Waals surface area (Å²) >= 11 is 0. The minimum Gasteiger partial charge on any atom is -0.340 e. The van der Waals surface area contributed by atoms with E-state index in [1.807, 2.05) is 4.90 Å². The number of halogens is 1. The van der Waals surface area contributed by atoms with Crippen LogP contribution in [0.1, 0.15) is 30.0 Å². The van der Waals surface area contributed by atoms with Gasteiger partial charge in [-0.25, -0.2) is 0 Å². The number of nitrogens with one attached hydrogen (secondary N) is 1. The van der Waals surface area contributed by atoms with E-state index in [-0.39, 0.29) is 18.3 Å². The van der Waals surface area contributed by atoms with Crippen molar-refractivity contribution in [2.75, 3.05) is 19.6 Å². The molecule has 0 saturated carbocycles. The monoisotopic (exact) mass is 296 g/mol. The van der Waals surface area contributed by atoms with Crippen LogP contribution in [-0.2, 0) is 11.2 Å². The zero-order valence-electron chi connectivity index (χ0n) is 12.6. The van der Waals surface area contributed by atoms with Gasteiger partial charge in [-0.1, -0.05) is 29.3 Å². The summed E-state index contributed by atoms with van der Waals surface area (Å²) in [6, 6.07) is 6.95. The standard InChI is InChI=1S/C16H24N2O.ClH/c1-12-8-13(2)10-15(9-12)4-5-16(19)18-7-6-17-14(3)11-18;/h8-10,14,17H,4-7,11H2,1-3H3;1H/t14-;/m1./s1. The molecule has 1 atom stereocenters. The first-order chi connectivity index (χ1) is 9.04. The Labute approximate surface area is 128 Å². The molecule has 0 radical (unpaired) electrons. The Bertz CT molecular complexity index is 442. The third-order valence-corrected chi connectivity index (χ3v) is 3.63. The van der Waals surface area contributed by atoms with E-state index in [0.29, 0.717) is 12.5 Å². The van der Waals surface area contributed by atoms with Gasteiger partial charge in [-0.05, 0) is 32.8 Å². The zero-order chi connectivity index (χ0) is 13.8. The Morgan fingerprint density at radius 3 is 2.55 bits per heavy atom. The van der Waals surface area contributed by atoms with Crippen molar-refractivity contribution < 1.29 is 4.79 Å². The highest BCUT2D eigenvalue weighted by molar-refractivity contribution is 5.85. The molecule has 0 spiro atoms. The lowest BCUT2D eigenvalue weighted by molar-refractivity contribution is -0.132. The van der Waals surface area contributed by atoms with Gasteiger partial charge < -0.3 is 10.2 Å². The molecular weight excluding hydrogens is 272 g/mol. The van der Waals surface area contributed by atoms with Crippen LogP contribution in [0.4, 0.5) is 0 Å². The van der Waals surface area contributed by atoms with E-state index >= 15 is 0 Å². The number of nitrogens with zero attached hydrogens (tertiary/aromatic N) is 1. The Kier molecular flexibility index (Phi) is 6.50. The molecule has 0 unspecified atom stereocenters. The van der Waals surface area contributed by atoms with Crippen LogP contribution < -0.4 is 5.32 Å². The average molecular weight is 297 g/mol. The lowest BCUT2D eigenvalue weighted by Crippen LogP contribution is -2.51. The summed E-state index contributed by atoms with van der Waals surface area (Å²) in [6.45, 7) is 8.94. The molecule has 20 heavy (non-hydrogen) atoms. The second kappa shape index (κ2) is 7.65. The van der Waals surface area contributed by atoms with Gasteiger partial charge >= 0.3 is 0 Å². The number of hydrogen-bond donors (Lipinski definition) is 1. The van der Waals surface area contributed by atoms with Gasteiger partial charge in [0, 0.05) is 32.1 Å². The number of benzene rings is 1. The molecule has 1 amide bonds. The van der Waals surface area contributed by atoms with Crippen molar-refractivity contribution in [1.82, 2.24) is 10.2 Å². The fourth-order valence-corrected chi connectivity index (χ4v) is 2.78. The molecular formula is C16H25ClN2O. The molecule has 1 fully saturated rings. The van der Waals surface area contributed by atoms with Gasteiger partial charge in [-0.15, -0.1) is 12.4 Å². The van der Waals surface area contributed by atoms with E-state index in [1.165, 1.54) is 16.7 Å². The van der Waals surface area contributed by atoms with Crippen molar-refractivity contribution in [2.24, 2.45) is 0 Å². The lowest BCUT2D eigenvalue weighted by atomic mass is 10.0. The number of rotatable bonds is 3. The topological polar surface area (TPSA) is 32.3 Å². The van der Waals surface area contributed by atoms with E-state index in [0.717, 1.165) is 26.1 Å². The minimum atomic E-state index is 0. The molecule has 4 heteroatoms. The van der Waals surface area contributed by atoms with Crippen molar-refractivity contribution >= 4 is 18.3 Å². The quantitative estimate of drug-likeness (QED) is 0.929. The Balaban J connectivity index is 0.00000200. The minimum absolute atomic E-state index is 0. The maximum Gasteiger partial charge on any atom is 0.222 e. The smallest absolute Gasteiger partial charge is 0.222 e. The van der Waals surface area contributed by atoms with Gasteiger partial charge in [-0.2, -0.15) is 0 Å². The number of carbonyl (C=O) groups is 1. The number of carbonyl (C=O) groups excluding carboxylic acids is 1. The van der Waals surface area contributed by atoms with Gasteiger partial charge in [0.15, 0.2) is 0 Å². The molecule has 1 saturated heterocycles. The van der Waals surface area contributed by atoms with E-state index in [1.54, 1.807) is 0 Å².